The Morgan fingerprint density at radius 2 is 2.05 bits per heavy atom. The number of hydrogen-bond acceptors (Lipinski definition) is 5. The molecule has 1 aromatic carbocycles. The molecule has 1 N–H and O–H groups in total. The molecule has 0 atom stereocenters. The van der Waals surface area contributed by atoms with Crippen LogP contribution in [0.3, 0.4) is 0 Å². The lowest BCUT2D eigenvalue weighted by Crippen LogP contribution is -2.36. The third-order valence-electron chi connectivity index (χ3n) is 3.64. The number of rotatable bonds is 3. The zero-order valence-electron chi connectivity index (χ0n) is 11.2. The minimum atomic E-state index is -0.739. The maximum Gasteiger partial charge on any atom is 0.324 e. The summed E-state index contributed by atoms with van der Waals surface area (Å²) in [5.74, 6) is -0.583. The molecule has 0 spiro atoms. The molecule has 6 nitrogen and oxygen atoms in total. The molecule has 0 aliphatic carbocycles. The van der Waals surface area contributed by atoms with Crippen molar-refractivity contribution < 1.29 is 14.4 Å². The number of aliphatic carboxylic acids is 1. The molecule has 7 heteroatoms. The van der Waals surface area contributed by atoms with Gasteiger partial charge in [0.2, 0.25) is 5.82 Å². The largest absolute Gasteiger partial charge is 0.481 e. The van der Waals surface area contributed by atoms with Gasteiger partial charge in [0.25, 0.3) is 0 Å². The average molecular weight is 308 g/mol. The fourth-order valence-electron chi connectivity index (χ4n) is 2.41. The van der Waals surface area contributed by atoms with Crippen molar-refractivity contribution in [2.24, 2.45) is 5.92 Å². The molecule has 0 radical (unpaired) electrons. The summed E-state index contributed by atoms with van der Waals surface area (Å²) in [6, 6.07) is 7.70. The summed E-state index contributed by atoms with van der Waals surface area (Å²) < 4.78 is 5.27. The van der Waals surface area contributed by atoms with E-state index in [1.165, 1.54) is 0 Å². The lowest BCUT2D eigenvalue weighted by atomic mass is 9.97. The molecule has 2 aromatic rings. The minimum Gasteiger partial charge on any atom is -0.481 e. The Labute approximate surface area is 126 Å². The highest BCUT2D eigenvalue weighted by atomic mass is 35.5. The van der Waals surface area contributed by atoms with Gasteiger partial charge in [-0.05, 0) is 25.0 Å². The van der Waals surface area contributed by atoms with Crippen LogP contribution in [0.4, 0.5) is 6.01 Å². The van der Waals surface area contributed by atoms with Gasteiger partial charge in [-0.1, -0.05) is 28.9 Å². The Morgan fingerprint density at radius 1 is 1.33 bits per heavy atom. The molecule has 1 saturated heterocycles. The molecule has 3 rings (SSSR count). The zero-order chi connectivity index (χ0) is 14.8. The Bertz CT molecular complexity index is 650. The van der Waals surface area contributed by atoms with E-state index < -0.39 is 5.97 Å². The highest BCUT2D eigenvalue weighted by molar-refractivity contribution is 6.33. The van der Waals surface area contributed by atoms with Gasteiger partial charge in [-0.3, -0.25) is 4.79 Å². The molecule has 0 saturated carbocycles. The SMILES string of the molecule is O=C(O)C1CCN(c2nc(-c3ccccc3Cl)no2)CC1. The maximum atomic E-state index is 10.9. The van der Waals surface area contributed by atoms with E-state index in [1.54, 1.807) is 6.07 Å². The fraction of sp³-hybridized carbons (Fsp3) is 0.357. The van der Waals surface area contributed by atoms with Gasteiger partial charge in [-0.15, -0.1) is 0 Å². The van der Waals surface area contributed by atoms with E-state index in [9.17, 15) is 4.79 Å². The van der Waals surface area contributed by atoms with E-state index in [4.69, 9.17) is 21.2 Å². The minimum absolute atomic E-state index is 0.285. The van der Waals surface area contributed by atoms with Crippen LogP contribution >= 0.6 is 11.6 Å². The first kappa shape index (κ1) is 13.9. The van der Waals surface area contributed by atoms with Gasteiger partial charge in [-0.25, -0.2) is 0 Å². The molecule has 0 bridgehead atoms. The van der Waals surface area contributed by atoms with Gasteiger partial charge in [0.1, 0.15) is 0 Å². The van der Waals surface area contributed by atoms with Crippen LogP contribution in [0.2, 0.25) is 5.02 Å². The summed E-state index contributed by atoms with van der Waals surface area (Å²) in [5.41, 5.74) is 0.717. The number of halogens is 1. The summed E-state index contributed by atoms with van der Waals surface area (Å²) in [6.07, 6.45) is 1.16. The third-order valence-corrected chi connectivity index (χ3v) is 3.97. The molecule has 2 heterocycles. The summed E-state index contributed by atoms with van der Waals surface area (Å²) in [4.78, 5) is 17.2. The number of benzene rings is 1. The van der Waals surface area contributed by atoms with Crippen molar-refractivity contribution in [2.75, 3.05) is 18.0 Å². The monoisotopic (exact) mass is 307 g/mol. The number of carbonyl (C=O) groups is 1. The smallest absolute Gasteiger partial charge is 0.324 e. The molecule has 1 aromatic heterocycles. The molecule has 110 valence electrons. The van der Waals surface area contributed by atoms with Crippen LogP contribution in [0.1, 0.15) is 12.8 Å². The summed E-state index contributed by atoms with van der Waals surface area (Å²) in [6.45, 7) is 1.20. The van der Waals surface area contributed by atoms with Crippen LogP contribution in [-0.2, 0) is 4.79 Å². The Balaban J connectivity index is 1.74. The summed E-state index contributed by atoms with van der Waals surface area (Å²) in [5, 5.41) is 13.5. The first-order valence-corrected chi connectivity index (χ1v) is 7.09. The lowest BCUT2D eigenvalue weighted by Gasteiger charge is -2.28. The molecular weight excluding hydrogens is 294 g/mol. The van der Waals surface area contributed by atoms with E-state index in [2.05, 4.69) is 10.1 Å². The van der Waals surface area contributed by atoms with Crippen LogP contribution in [0.15, 0.2) is 28.8 Å². The van der Waals surface area contributed by atoms with Crippen molar-refractivity contribution in [2.45, 2.75) is 12.8 Å². The molecule has 1 aliphatic rings. The van der Waals surface area contributed by atoms with E-state index >= 15 is 0 Å². The van der Waals surface area contributed by atoms with Gasteiger partial charge in [0.15, 0.2) is 0 Å². The zero-order valence-corrected chi connectivity index (χ0v) is 12.0. The second-order valence-electron chi connectivity index (χ2n) is 4.98. The fourth-order valence-corrected chi connectivity index (χ4v) is 2.63. The number of piperidine rings is 1. The van der Waals surface area contributed by atoms with Gasteiger partial charge < -0.3 is 14.5 Å². The lowest BCUT2D eigenvalue weighted by molar-refractivity contribution is -0.142. The highest BCUT2D eigenvalue weighted by Crippen LogP contribution is 2.28. The van der Waals surface area contributed by atoms with Crippen molar-refractivity contribution in [3.8, 4) is 11.4 Å². The van der Waals surface area contributed by atoms with Crippen LogP contribution < -0.4 is 4.90 Å². The number of hydrogen-bond donors (Lipinski definition) is 1. The van der Waals surface area contributed by atoms with Crippen molar-refractivity contribution >= 4 is 23.6 Å². The van der Waals surface area contributed by atoms with Gasteiger partial charge in [0.05, 0.1) is 10.9 Å². The standard InChI is InChI=1S/C14H14ClN3O3/c15-11-4-2-1-3-10(11)12-16-14(21-17-12)18-7-5-9(6-8-18)13(19)20/h1-4,9H,5-8H2,(H,19,20). The predicted molar refractivity (Wildman–Crippen MR) is 77.3 cm³/mol. The summed E-state index contributed by atoms with van der Waals surface area (Å²) in [7, 11) is 0. The van der Waals surface area contributed by atoms with Gasteiger partial charge in [0, 0.05) is 18.7 Å². The van der Waals surface area contributed by atoms with Crippen molar-refractivity contribution in [3.63, 3.8) is 0 Å². The van der Waals surface area contributed by atoms with Crippen LogP contribution in [0.25, 0.3) is 11.4 Å². The first-order chi connectivity index (χ1) is 10.1. The first-order valence-electron chi connectivity index (χ1n) is 6.71. The van der Waals surface area contributed by atoms with E-state index in [0.29, 0.717) is 42.8 Å². The van der Waals surface area contributed by atoms with E-state index in [-0.39, 0.29) is 5.92 Å². The van der Waals surface area contributed by atoms with Gasteiger partial charge >= 0.3 is 12.0 Å². The van der Waals surface area contributed by atoms with Crippen LogP contribution in [-0.4, -0.2) is 34.3 Å². The van der Waals surface area contributed by atoms with Gasteiger partial charge in [-0.2, -0.15) is 4.98 Å². The third kappa shape index (κ3) is 2.85. The van der Waals surface area contributed by atoms with Crippen LogP contribution in [0, 0.1) is 5.92 Å². The Kier molecular flexibility index (Phi) is 3.79. The second-order valence-corrected chi connectivity index (χ2v) is 5.39. The number of nitrogens with zero attached hydrogens (tertiary/aromatic N) is 3. The highest BCUT2D eigenvalue weighted by Gasteiger charge is 2.27. The predicted octanol–water partition coefficient (Wildman–Crippen LogP) is 2.69. The van der Waals surface area contributed by atoms with E-state index in [1.807, 2.05) is 23.1 Å². The topological polar surface area (TPSA) is 79.5 Å². The molecule has 1 fully saturated rings. The Morgan fingerprint density at radius 3 is 2.71 bits per heavy atom. The molecule has 0 unspecified atom stereocenters. The molecule has 1 aliphatic heterocycles. The normalized spacial score (nSPS) is 16.1. The quantitative estimate of drug-likeness (QED) is 0.939. The molecule has 21 heavy (non-hydrogen) atoms. The molecular formula is C14H14ClN3O3. The maximum absolute atomic E-state index is 10.9. The van der Waals surface area contributed by atoms with Crippen LogP contribution in [0.5, 0.6) is 0 Å². The summed E-state index contributed by atoms with van der Waals surface area (Å²) >= 11 is 6.11. The average Bonchev–Trinajstić information content (AvgIpc) is 2.97. The van der Waals surface area contributed by atoms with E-state index in [0.717, 1.165) is 5.56 Å². The number of anilines is 1. The van der Waals surface area contributed by atoms with Crippen molar-refractivity contribution in [1.82, 2.24) is 10.1 Å². The van der Waals surface area contributed by atoms with Crippen molar-refractivity contribution in [3.05, 3.63) is 29.3 Å². The second kappa shape index (κ2) is 5.73. The number of carboxylic acids is 1. The van der Waals surface area contributed by atoms with Crippen molar-refractivity contribution in [1.29, 1.82) is 0 Å². The number of carboxylic acid groups (broad SMARTS) is 1. The number of aromatic nitrogens is 2. The Hall–Kier alpha value is -2.08. The molecule has 0 amide bonds.